The van der Waals surface area contributed by atoms with Gasteiger partial charge in [-0.05, 0) is 50.0 Å². The number of carbonyl (C=O) groups is 1. The summed E-state index contributed by atoms with van der Waals surface area (Å²) >= 11 is 0. The van der Waals surface area contributed by atoms with E-state index in [9.17, 15) is 4.79 Å². The maximum absolute atomic E-state index is 11.0. The number of likely N-dealkylation sites (tertiary alicyclic amines) is 1. The van der Waals surface area contributed by atoms with Gasteiger partial charge in [0, 0.05) is 25.2 Å². The molecule has 0 aliphatic carbocycles. The highest BCUT2D eigenvalue weighted by molar-refractivity contribution is 5.88. The summed E-state index contributed by atoms with van der Waals surface area (Å²) in [6.07, 6.45) is 4.96. The standard InChI is InChI=1S/C16H25N3O/c1-13(20)18-15-7-5-14(6-8-15)12-19-11-3-2-4-16(19)9-10-17/h5-8,16H,2-4,9-12,17H2,1H3,(H,18,20). The van der Waals surface area contributed by atoms with Crippen LogP contribution in [-0.2, 0) is 11.3 Å². The van der Waals surface area contributed by atoms with Crippen LogP contribution in [0.1, 0.15) is 38.2 Å². The average Bonchev–Trinajstić information content (AvgIpc) is 2.43. The largest absolute Gasteiger partial charge is 0.330 e. The van der Waals surface area contributed by atoms with Crippen molar-refractivity contribution in [3.8, 4) is 0 Å². The SMILES string of the molecule is CC(=O)Nc1ccc(CN2CCCCC2CCN)cc1. The molecule has 0 spiro atoms. The molecule has 1 amide bonds. The molecule has 110 valence electrons. The first kappa shape index (κ1) is 15.0. The van der Waals surface area contributed by atoms with E-state index in [4.69, 9.17) is 5.73 Å². The van der Waals surface area contributed by atoms with Crippen LogP contribution in [0.4, 0.5) is 5.69 Å². The Morgan fingerprint density at radius 1 is 1.35 bits per heavy atom. The average molecular weight is 275 g/mol. The van der Waals surface area contributed by atoms with Gasteiger partial charge in [-0.15, -0.1) is 0 Å². The van der Waals surface area contributed by atoms with E-state index in [0.717, 1.165) is 31.7 Å². The van der Waals surface area contributed by atoms with Crippen LogP contribution in [0.5, 0.6) is 0 Å². The van der Waals surface area contributed by atoms with Crippen LogP contribution in [0.15, 0.2) is 24.3 Å². The van der Waals surface area contributed by atoms with Crippen molar-refractivity contribution < 1.29 is 4.79 Å². The molecule has 1 aliphatic rings. The Labute approximate surface area is 121 Å². The normalized spacial score (nSPS) is 19.8. The minimum Gasteiger partial charge on any atom is -0.330 e. The van der Waals surface area contributed by atoms with Gasteiger partial charge in [-0.25, -0.2) is 0 Å². The Hall–Kier alpha value is -1.39. The van der Waals surface area contributed by atoms with Gasteiger partial charge < -0.3 is 11.1 Å². The zero-order valence-corrected chi connectivity index (χ0v) is 12.3. The lowest BCUT2D eigenvalue weighted by Gasteiger charge is -2.35. The van der Waals surface area contributed by atoms with Crippen LogP contribution in [0.3, 0.4) is 0 Å². The molecule has 2 rings (SSSR count). The lowest BCUT2D eigenvalue weighted by Crippen LogP contribution is -2.40. The highest BCUT2D eigenvalue weighted by Gasteiger charge is 2.21. The van der Waals surface area contributed by atoms with Crippen LogP contribution in [0.25, 0.3) is 0 Å². The summed E-state index contributed by atoms with van der Waals surface area (Å²) in [6.45, 7) is 4.44. The van der Waals surface area contributed by atoms with Crippen molar-refractivity contribution in [3.63, 3.8) is 0 Å². The van der Waals surface area contributed by atoms with E-state index < -0.39 is 0 Å². The summed E-state index contributed by atoms with van der Waals surface area (Å²) in [6, 6.07) is 8.76. The molecule has 0 aromatic heterocycles. The second-order valence-electron chi connectivity index (χ2n) is 5.58. The third-order valence-electron chi connectivity index (χ3n) is 3.91. The molecule has 4 heteroatoms. The van der Waals surface area contributed by atoms with E-state index in [-0.39, 0.29) is 5.91 Å². The van der Waals surface area contributed by atoms with Crippen molar-refractivity contribution in [3.05, 3.63) is 29.8 Å². The van der Waals surface area contributed by atoms with Crippen LogP contribution in [-0.4, -0.2) is 29.9 Å². The lowest BCUT2D eigenvalue weighted by atomic mass is 9.98. The fourth-order valence-electron chi connectivity index (χ4n) is 2.92. The molecule has 0 bridgehead atoms. The van der Waals surface area contributed by atoms with Gasteiger partial charge in [-0.1, -0.05) is 18.6 Å². The minimum atomic E-state index is -0.0307. The second-order valence-corrected chi connectivity index (χ2v) is 5.58. The molecule has 0 radical (unpaired) electrons. The summed E-state index contributed by atoms with van der Waals surface area (Å²) in [4.78, 5) is 13.5. The van der Waals surface area contributed by atoms with E-state index in [0.29, 0.717) is 6.04 Å². The number of amides is 1. The molecule has 20 heavy (non-hydrogen) atoms. The fourth-order valence-corrected chi connectivity index (χ4v) is 2.92. The number of anilines is 1. The molecule has 1 saturated heterocycles. The summed E-state index contributed by atoms with van der Waals surface area (Å²) in [5.74, 6) is -0.0307. The lowest BCUT2D eigenvalue weighted by molar-refractivity contribution is -0.114. The van der Waals surface area contributed by atoms with Crippen molar-refractivity contribution >= 4 is 11.6 Å². The molecule has 0 saturated carbocycles. The molecule has 3 N–H and O–H groups in total. The number of hydrogen-bond acceptors (Lipinski definition) is 3. The highest BCUT2D eigenvalue weighted by Crippen LogP contribution is 2.22. The Balaban J connectivity index is 1.95. The van der Waals surface area contributed by atoms with Crippen molar-refractivity contribution in [2.24, 2.45) is 5.73 Å². The number of carbonyl (C=O) groups excluding carboxylic acids is 1. The number of nitrogens with two attached hydrogens (primary N) is 1. The summed E-state index contributed by atoms with van der Waals surface area (Å²) in [7, 11) is 0. The van der Waals surface area contributed by atoms with Crippen LogP contribution >= 0.6 is 0 Å². The molecular weight excluding hydrogens is 250 g/mol. The van der Waals surface area contributed by atoms with E-state index >= 15 is 0 Å². The zero-order chi connectivity index (χ0) is 14.4. The first-order valence-corrected chi connectivity index (χ1v) is 7.49. The number of hydrogen-bond donors (Lipinski definition) is 2. The van der Waals surface area contributed by atoms with Gasteiger partial charge in [0.05, 0.1) is 0 Å². The number of benzene rings is 1. The van der Waals surface area contributed by atoms with Crippen LogP contribution in [0.2, 0.25) is 0 Å². The highest BCUT2D eigenvalue weighted by atomic mass is 16.1. The van der Waals surface area contributed by atoms with Gasteiger partial charge in [0.1, 0.15) is 0 Å². The maximum Gasteiger partial charge on any atom is 0.221 e. The number of piperidine rings is 1. The predicted octanol–water partition coefficient (Wildman–Crippen LogP) is 2.35. The molecule has 1 unspecified atom stereocenters. The third-order valence-corrected chi connectivity index (χ3v) is 3.91. The number of nitrogens with zero attached hydrogens (tertiary/aromatic N) is 1. The monoisotopic (exact) mass is 275 g/mol. The smallest absolute Gasteiger partial charge is 0.221 e. The Kier molecular flexibility index (Phi) is 5.56. The van der Waals surface area contributed by atoms with E-state index in [1.54, 1.807) is 0 Å². The first-order valence-electron chi connectivity index (χ1n) is 7.49. The van der Waals surface area contributed by atoms with Crippen LogP contribution < -0.4 is 11.1 Å². The molecule has 1 aromatic rings. The van der Waals surface area contributed by atoms with Crippen molar-refractivity contribution in [2.75, 3.05) is 18.4 Å². The zero-order valence-electron chi connectivity index (χ0n) is 12.3. The molecule has 4 nitrogen and oxygen atoms in total. The van der Waals surface area contributed by atoms with Crippen LogP contribution in [0, 0.1) is 0 Å². The molecule has 1 fully saturated rings. The van der Waals surface area contributed by atoms with Crippen molar-refractivity contribution in [1.82, 2.24) is 4.90 Å². The first-order chi connectivity index (χ1) is 9.69. The minimum absolute atomic E-state index is 0.0307. The van der Waals surface area contributed by atoms with Gasteiger partial charge in [0.25, 0.3) is 0 Å². The molecular formula is C16H25N3O. The summed E-state index contributed by atoms with van der Waals surface area (Å²) in [5.41, 5.74) is 7.87. The van der Waals surface area contributed by atoms with Crippen molar-refractivity contribution in [1.29, 1.82) is 0 Å². The van der Waals surface area contributed by atoms with Crippen molar-refractivity contribution in [2.45, 2.75) is 45.2 Å². The van der Waals surface area contributed by atoms with Gasteiger partial charge >= 0.3 is 0 Å². The summed E-state index contributed by atoms with van der Waals surface area (Å²) in [5, 5.41) is 2.80. The molecule has 1 aromatic carbocycles. The quantitative estimate of drug-likeness (QED) is 0.867. The molecule has 1 atom stereocenters. The van der Waals surface area contributed by atoms with Gasteiger partial charge in [-0.3, -0.25) is 9.69 Å². The Bertz CT molecular complexity index is 428. The van der Waals surface area contributed by atoms with Gasteiger partial charge in [0.15, 0.2) is 0 Å². The van der Waals surface area contributed by atoms with Gasteiger partial charge in [0.2, 0.25) is 5.91 Å². The Morgan fingerprint density at radius 3 is 2.75 bits per heavy atom. The van der Waals surface area contributed by atoms with E-state index in [2.05, 4.69) is 22.3 Å². The van der Waals surface area contributed by atoms with Gasteiger partial charge in [-0.2, -0.15) is 0 Å². The molecule has 1 aliphatic heterocycles. The summed E-state index contributed by atoms with van der Waals surface area (Å²) < 4.78 is 0. The van der Waals surface area contributed by atoms with E-state index in [1.807, 2.05) is 12.1 Å². The third kappa shape index (κ3) is 4.32. The topological polar surface area (TPSA) is 58.4 Å². The number of nitrogens with one attached hydrogen (secondary N) is 1. The molecule has 1 heterocycles. The second kappa shape index (κ2) is 7.41. The van der Waals surface area contributed by atoms with E-state index in [1.165, 1.54) is 31.7 Å². The Morgan fingerprint density at radius 2 is 2.10 bits per heavy atom. The fraction of sp³-hybridized carbons (Fsp3) is 0.562. The predicted molar refractivity (Wildman–Crippen MR) is 82.5 cm³/mol. The maximum atomic E-state index is 11.0. The number of rotatable bonds is 5.